The summed E-state index contributed by atoms with van der Waals surface area (Å²) in [6.07, 6.45) is 4.27. The number of carbonyl (C=O) groups is 2. The summed E-state index contributed by atoms with van der Waals surface area (Å²) in [4.78, 5) is 27.4. The van der Waals surface area contributed by atoms with Crippen LogP contribution >= 0.6 is 0 Å². The number of nitrogens with zero attached hydrogens (tertiary/aromatic N) is 2. The number of urea groups is 1. The molecule has 0 radical (unpaired) electrons. The van der Waals surface area contributed by atoms with Crippen LogP contribution in [0, 0.1) is 0 Å². The molecule has 6 heteroatoms. The quantitative estimate of drug-likeness (QED) is 0.932. The Balaban J connectivity index is 1.60. The summed E-state index contributed by atoms with van der Waals surface area (Å²) in [6.45, 7) is 3.22. The van der Waals surface area contributed by atoms with Crippen molar-refractivity contribution in [3.05, 3.63) is 29.8 Å². The molecule has 2 heterocycles. The van der Waals surface area contributed by atoms with Gasteiger partial charge in [-0.15, -0.1) is 0 Å². The fourth-order valence-corrected chi connectivity index (χ4v) is 3.01. The van der Waals surface area contributed by atoms with Gasteiger partial charge < -0.3 is 19.9 Å². The number of hydrogen-bond donors (Lipinski definition) is 1. The number of nitrogens with one attached hydrogen (secondary N) is 1. The van der Waals surface area contributed by atoms with Crippen LogP contribution in [-0.4, -0.2) is 48.2 Å². The van der Waals surface area contributed by atoms with Crippen LogP contribution in [0.3, 0.4) is 0 Å². The lowest BCUT2D eigenvalue weighted by Gasteiger charge is -2.21. The minimum absolute atomic E-state index is 0.0374. The van der Waals surface area contributed by atoms with Crippen LogP contribution in [0.25, 0.3) is 0 Å². The molecule has 3 amide bonds. The van der Waals surface area contributed by atoms with Crippen molar-refractivity contribution in [1.29, 1.82) is 0 Å². The summed E-state index contributed by atoms with van der Waals surface area (Å²) in [7, 11) is 0. The van der Waals surface area contributed by atoms with Crippen molar-refractivity contribution in [3.8, 4) is 0 Å². The molecule has 2 saturated heterocycles. The molecule has 2 aliphatic heterocycles. The van der Waals surface area contributed by atoms with Crippen molar-refractivity contribution < 1.29 is 14.3 Å². The van der Waals surface area contributed by atoms with Crippen molar-refractivity contribution >= 4 is 17.8 Å². The topological polar surface area (TPSA) is 61.9 Å². The lowest BCUT2D eigenvalue weighted by atomic mass is 10.2. The van der Waals surface area contributed by atoms with Crippen molar-refractivity contribution in [1.82, 2.24) is 9.80 Å². The van der Waals surface area contributed by atoms with Crippen molar-refractivity contribution in [2.24, 2.45) is 0 Å². The van der Waals surface area contributed by atoms with Crippen LogP contribution in [0.1, 0.15) is 31.2 Å². The highest BCUT2D eigenvalue weighted by Crippen LogP contribution is 2.17. The Morgan fingerprint density at radius 3 is 2.61 bits per heavy atom. The highest BCUT2D eigenvalue weighted by Gasteiger charge is 2.22. The van der Waals surface area contributed by atoms with E-state index in [4.69, 9.17) is 4.74 Å². The number of hydrogen-bond acceptors (Lipinski definition) is 3. The van der Waals surface area contributed by atoms with E-state index in [0.717, 1.165) is 37.2 Å². The summed E-state index contributed by atoms with van der Waals surface area (Å²) >= 11 is 0. The van der Waals surface area contributed by atoms with E-state index in [9.17, 15) is 9.59 Å². The maximum absolute atomic E-state index is 12.4. The number of benzene rings is 1. The van der Waals surface area contributed by atoms with Crippen LogP contribution in [0.15, 0.2) is 24.3 Å². The van der Waals surface area contributed by atoms with E-state index in [1.807, 2.05) is 29.2 Å². The molecule has 0 unspecified atom stereocenters. The number of cyclic esters (lactones) is 1. The molecule has 0 atom stereocenters. The van der Waals surface area contributed by atoms with Gasteiger partial charge in [0.05, 0.1) is 6.54 Å². The van der Waals surface area contributed by atoms with Gasteiger partial charge in [-0.1, -0.05) is 25.0 Å². The molecule has 6 nitrogen and oxygen atoms in total. The highest BCUT2D eigenvalue weighted by atomic mass is 16.6. The average molecular weight is 317 g/mol. The maximum atomic E-state index is 12.4. The van der Waals surface area contributed by atoms with Crippen molar-refractivity contribution in [2.45, 2.75) is 32.2 Å². The minimum atomic E-state index is -0.274. The minimum Gasteiger partial charge on any atom is -0.448 e. The maximum Gasteiger partial charge on any atom is 0.410 e. The summed E-state index contributed by atoms with van der Waals surface area (Å²) < 4.78 is 4.93. The van der Waals surface area contributed by atoms with E-state index in [-0.39, 0.29) is 12.1 Å². The Morgan fingerprint density at radius 2 is 1.91 bits per heavy atom. The second kappa shape index (κ2) is 7.35. The molecule has 124 valence electrons. The number of amides is 3. The summed E-state index contributed by atoms with van der Waals surface area (Å²) in [5, 5.41) is 2.97. The molecule has 0 spiro atoms. The van der Waals surface area contributed by atoms with Gasteiger partial charge in [-0.25, -0.2) is 9.59 Å². The molecular formula is C17H23N3O3. The zero-order chi connectivity index (χ0) is 16.1. The van der Waals surface area contributed by atoms with Crippen molar-refractivity contribution in [2.75, 3.05) is 31.6 Å². The standard InChI is InChI=1S/C17H23N3O3/c21-16(19-8-3-1-2-4-9-19)18-15-7-5-6-14(12-15)13-20-10-11-23-17(20)22/h5-7,12H,1-4,8-11,13H2,(H,18,21). The Hall–Kier alpha value is -2.24. The molecule has 1 aromatic rings. The Kier molecular flexibility index (Phi) is 5.00. The molecule has 1 aromatic carbocycles. The highest BCUT2D eigenvalue weighted by molar-refractivity contribution is 5.89. The molecule has 2 fully saturated rings. The van der Waals surface area contributed by atoms with Gasteiger partial charge in [0.25, 0.3) is 0 Å². The Morgan fingerprint density at radius 1 is 1.13 bits per heavy atom. The van der Waals surface area contributed by atoms with Crippen LogP contribution in [0.4, 0.5) is 15.3 Å². The fourth-order valence-electron chi connectivity index (χ4n) is 3.01. The first-order valence-electron chi connectivity index (χ1n) is 8.29. The smallest absolute Gasteiger partial charge is 0.410 e. The van der Waals surface area contributed by atoms with Gasteiger partial charge in [0, 0.05) is 25.3 Å². The van der Waals surface area contributed by atoms with Crippen LogP contribution < -0.4 is 5.32 Å². The predicted molar refractivity (Wildman–Crippen MR) is 87.3 cm³/mol. The molecule has 0 aromatic heterocycles. The lowest BCUT2D eigenvalue weighted by molar-refractivity contribution is 0.157. The lowest BCUT2D eigenvalue weighted by Crippen LogP contribution is -2.35. The van der Waals surface area contributed by atoms with E-state index in [2.05, 4.69) is 5.32 Å². The van der Waals surface area contributed by atoms with E-state index >= 15 is 0 Å². The van der Waals surface area contributed by atoms with Gasteiger partial charge in [-0.2, -0.15) is 0 Å². The molecule has 0 bridgehead atoms. The first kappa shape index (κ1) is 15.6. The molecule has 0 aliphatic carbocycles. The third kappa shape index (κ3) is 4.15. The van der Waals surface area contributed by atoms with Crippen molar-refractivity contribution in [3.63, 3.8) is 0 Å². The van der Waals surface area contributed by atoms with E-state index in [0.29, 0.717) is 19.7 Å². The molecular weight excluding hydrogens is 294 g/mol. The molecule has 0 saturated carbocycles. The second-order valence-electron chi connectivity index (χ2n) is 6.07. The number of anilines is 1. The number of carbonyl (C=O) groups excluding carboxylic acids is 2. The van der Waals surface area contributed by atoms with E-state index in [1.54, 1.807) is 4.90 Å². The van der Waals surface area contributed by atoms with Gasteiger partial charge in [0.2, 0.25) is 0 Å². The van der Waals surface area contributed by atoms with Gasteiger partial charge in [0.15, 0.2) is 0 Å². The summed E-state index contributed by atoms with van der Waals surface area (Å²) in [5.41, 5.74) is 1.75. The molecule has 2 aliphatic rings. The first-order chi connectivity index (χ1) is 11.2. The number of likely N-dealkylation sites (tertiary alicyclic amines) is 1. The molecule has 23 heavy (non-hydrogen) atoms. The Bertz CT molecular complexity index is 568. The fraction of sp³-hybridized carbons (Fsp3) is 0.529. The molecule has 3 rings (SSSR count). The van der Waals surface area contributed by atoms with E-state index < -0.39 is 0 Å². The molecule has 1 N–H and O–H groups in total. The second-order valence-corrected chi connectivity index (χ2v) is 6.07. The average Bonchev–Trinajstić information content (AvgIpc) is 2.79. The SMILES string of the molecule is O=C(Nc1cccc(CN2CCOC2=O)c1)N1CCCCCC1. The summed E-state index contributed by atoms with van der Waals surface area (Å²) in [5.74, 6) is 0. The monoisotopic (exact) mass is 317 g/mol. The van der Waals surface area contributed by atoms with Gasteiger partial charge in [-0.3, -0.25) is 0 Å². The Labute approximate surface area is 136 Å². The third-order valence-corrected chi connectivity index (χ3v) is 4.29. The van der Waals surface area contributed by atoms with Crippen LogP contribution in [0.2, 0.25) is 0 Å². The number of rotatable bonds is 3. The number of ether oxygens (including phenoxy) is 1. The predicted octanol–water partition coefficient (Wildman–Crippen LogP) is 3.05. The van der Waals surface area contributed by atoms with Crippen LogP contribution in [0.5, 0.6) is 0 Å². The first-order valence-corrected chi connectivity index (χ1v) is 8.29. The summed E-state index contributed by atoms with van der Waals surface area (Å²) in [6, 6.07) is 7.61. The van der Waals surface area contributed by atoms with Gasteiger partial charge >= 0.3 is 12.1 Å². The van der Waals surface area contributed by atoms with Crippen LogP contribution in [-0.2, 0) is 11.3 Å². The normalized spacial score (nSPS) is 18.5. The van der Waals surface area contributed by atoms with Gasteiger partial charge in [0.1, 0.15) is 6.61 Å². The van der Waals surface area contributed by atoms with Gasteiger partial charge in [-0.05, 0) is 30.5 Å². The largest absolute Gasteiger partial charge is 0.448 e. The zero-order valence-electron chi connectivity index (χ0n) is 13.3. The third-order valence-electron chi connectivity index (χ3n) is 4.29. The zero-order valence-corrected chi connectivity index (χ0v) is 13.3. The van der Waals surface area contributed by atoms with E-state index in [1.165, 1.54) is 12.8 Å².